The van der Waals surface area contributed by atoms with Crippen LogP contribution in [-0.2, 0) is 9.47 Å². The Labute approximate surface area is 91.8 Å². The summed E-state index contributed by atoms with van der Waals surface area (Å²) in [6.07, 6.45) is 5.12. The van der Waals surface area contributed by atoms with Crippen LogP contribution in [0.4, 0.5) is 0 Å². The molecule has 2 unspecified atom stereocenters. The molecule has 1 heterocycles. The fourth-order valence-electron chi connectivity index (χ4n) is 2.62. The zero-order valence-electron chi connectivity index (χ0n) is 9.79. The molecule has 1 saturated carbocycles. The molecule has 1 aliphatic heterocycles. The van der Waals surface area contributed by atoms with Gasteiger partial charge in [0.05, 0.1) is 18.8 Å². The second-order valence-corrected chi connectivity index (χ2v) is 5.15. The van der Waals surface area contributed by atoms with Gasteiger partial charge in [0.2, 0.25) is 0 Å². The van der Waals surface area contributed by atoms with Crippen LogP contribution in [0.15, 0.2) is 0 Å². The lowest BCUT2D eigenvalue weighted by Gasteiger charge is -2.25. The monoisotopic (exact) mass is 214 g/mol. The minimum Gasteiger partial charge on any atom is -0.389 e. The molecule has 2 aliphatic rings. The highest BCUT2D eigenvalue weighted by Crippen LogP contribution is 2.52. The molecule has 3 heteroatoms. The van der Waals surface area contributed by atoms with E-state index in [1.165, 1.54) is 12.8 Å². The number of rotatable bonds is 5. The van der Waals surface area contributed by atoms with Gasteiger partial charge in [-0.15, -0.1) is 0 Å². The molecule has 0 spiro atoms. The minimum atomic E-state index is -0.532. The summed E-state index contributed by atoms with van der Waals surface area (Å²) in [6.45, 7) is 5.44. The van der Waals surface area contributed by atoms with Crippen molar-refractivity contribution < 1.29 is 14.6 Å². The summed E-state index contributed by atoms with van der Waals surface area (Å²) in [5, 5.41) is 10.3. The topological polar surface area (TPSA) is 38.7 Å². The molecule has 0 radical (unpaired) electrons. The third-order valence-electron chi connectivity index (χ3n) is 3.63. The van der Waals surface area contributed by atoms with E-state index in [9.17, 15) is 5.11 Å². The fraction of sp³-hybridized carbons (Fsp3) is 1.00. The molecule has 0 bridgehead atoms. The van der Waals surface area contributed by atoms with Gasteiger partial charge in [-0.3, -0.25) is 0 Å². The maximum Gasteiger partial charge on any atom is 0.168 e. The molecule has 1 saturated heterocycles. The normalized spacial score (nSPS) is 38.2. The van der Waals surface area contributed by atoms with Gasteiger partial charge in [0.1, 0.15) is 0 Å². The van der Waals surface area contributed by atoms with Crippen molar-refractivity contribution in [1.82, 2.24) is 0 Å². The lowest BCUT2D eigenvalue weighted by Crippen LogP contribution is -2.33. The van der Waals surface area contributed by atoms with E-state index in [-0.39, 0.29) is 0 Å². The molecule has 1 aliphatic carbocycles. The highest BCUT2D eigenvalue weighted by Gasteiger charge is 2.56. The SMILES string of the molecule is CCCCC1CC1(O)CC1(C)OCCO1. The van der Waals surface area contributed by atoms with Gasteiger partial charge in [-0.25, -0.2) is 0 Å². The number of aliphatic hydroxyl groups is 1. The molecule has 0 aromatic heterocycles. The van der Waals surface area contributed by atoms with Crippen molar-refractivity contribution in [1.29, 1.82) is 0 Å². The van der Waals surface area contributed by atoms with Crippen LogP contribution in [0.3, 0.4) is 0 Å². The summed E-state index contributed by atoms with van der Waals surface area (Å²) in [6, 6.07) is 0. The first-order valence-corrected chi connectivity index (χ1v) is 6.08. The Morgan fingerprint density at radius 1 is 1.33 bits per heavy atom. The first-order valence-electron chi connectivity index (χ1n) is 6.08. The smallest absolute Gasteiger partial charge is 0.168 e. The molecule has 0 aromatic rings. The van der Waals surface area contributed by atoms with Crippen molar-refractivity contribution in [3.8, 4) is 0 Å². The molecular formula is C12H22O3. The van der Waals surface area contributed by atoms with Crippen molar-refractivity contribution in [2.24, 2.45) is 5.92 Å². The second-order valence-electron chi connectivity index (χ2n) is 5.15. The van der Waals surface area contributed by atoms with Crippen LogP contribution < -0.4 is 0 Å². The Morgan fingerprint density at radius 2 is 2.00 bits per heavy atom. The number of ether oxygens (including phenoxy) is 2. The number of hydrogen-bond donors (Lipinski definition) is 1. The first-order chi connectivity index (χ1) is 7.08. The van der Waals surface area contributed by atoms with E-state index in [0.717, 1.165) is 12.8 Å². The third kappa shape index (κ3) is 2.52. The van der Waals surface area contributed by atoms with E-state index < -0.39 is 11.4 Å². The van der Waals surface area contributed by atoms with Crippen molar-refractivity contribution in [3.63, 3.8) is 0 Å². The second kappa shape index (κ2) is 4.04. The van der Waals surface area contributed by atoms with Gasteiger partial charge in [-0.1, -0.05) is 19.8 Å². The molecule has 0 aromatic carbocycles. The zero-order valence-corrected chi connectivity index (χ0v) is 9.79. The predicted octanol–water partition coefficient (Wildman–Crippen LogP) is 2.08. The Kier molecular flexibility index (Phi) is 3.06. The van der Waals surface area contributed by atoms with E-state index in [0.29, 0.717) is 25.6 Å². The average Bonchev–Trinajstić information content (AvgIpc) is 2.56. The van der Waals surface area contributed by atoms with Gasteiger partial charge in [-0.2, -0.15) is 0 Å². The van der Waals surface area contributed by atoms with Crippen LogP contribution in [-0.4, -0.2) is 29.7 Å². The van der Waals surface area contributed by atoms with Crippen LogP contribution in [0, 0.1) is 5.92 Å². The highest BCUT2D eigenvalue weighted by molar-refractivity contribution is 5.05. The van der Waals surface area contributed by atoms with E-state index in [1.807, 2.05) is 6.92 Å². The first kappa shape index (κ1) is 11.4. The van der Waals surface area contributed by atoms with E-state index in [2.05, 4.69) is 6.92 Å². The maximum absolute atomic E-state index is 10.3. The lowest BCUT2D eigenvalue weighted by atomic mass is 10.0. The van der Waals surface area contributed by atoms with Gasteiger partial charge in [0.15, 0.2) is 5.79 Å². The van der Waals surface area contributed by atoms with Gasteiger partial charge in [-0.05, 0) is 25.7 Å². The number of unbranched alkanes of at least 4 members (excludes halogenated alkanes) is 1. The minimum absolute atomic E-state index is 0.474. The molecule has 2 fully saturated rings. The molecule has 15 heavy (non-hydrogen) atoms. The molecule has 1 N–H and O–H groups in total. The Bertz CT molecular complexity index is 223. The quantitative estimate of drug-likeness (QED) is 0.761. The standard InChI is InChI=1S/C12H22O3/c1-3-4-5-10-8-12(10,13)9-11(2)14-6-7-15-11/h10,13H,3-9H2,1-2H3. The summed E-state index contributed by atoms with van der Waals surface area (Å²) in [5.41, 5.74) is -0.506. The maximum atomic E-state index is 10.3. The summed E-state index contributed by atoms with van der Waals surface area (Å²) in [4.78, 5) is 0. The van der Waals surface area contributed by atoms with Crippen LogP contribution in [0.25, 0.3) is 0 Å². The van der Waals surface area contributed by atoms with Crippen LogP contribution in [0.5, 0.6) is 0 Å². The fourth-order valence-corrected chi connectivity index (χ4v) is 2.62. The molecule has 0 amide bonds. The average molecular weight is 214 g/mol. The molecule has 3 nitrogen and oxygen atoms in total. The Hall–Kier alpha value is -0.120. The largest absolute Gasteiger partial charge is 0.389 e. The van der Waals surface area contributed by atoms with Crippen LogP contribution in [0.1, 0.15) is 46.0 Å². The number of hydrogen-bond acceptors (Lipinski definition) is 3. The van der Waals surface area contributed by atoms with Gasteiger partial charge in [0, 0.05) is 6.42 Å². The predicted molar refractivity (Wildman–Crippen MR) is 57.5 cm³/mol. The van der Waals surface area contributed by atoms with Crippen LogP contribution >= 0.6 is 0 Å². The molecule has 2 rings (SSSR count). The highest BCUT2D eigenvalue weighted by atomic mass is 16.7. The van der Waals surface area contributed by atoms with Gasteiger partial charge < -0.3 is 14.6 Å². The van der Waals surface area contributed by atoms with Crippen molar-refractivity contribution in [3.05, 3.63) is 0 Å². The zero-order chi connectivity index (χ0) is 10.9. The van der Waals surface area contributed by atoms with Crippen LogP contribution in [0.2, 0.25) is 0 Å². The van der Waals surface area contributed by atoms with Crippen molar-refractivity contribution >= 4 is 0 Å². The summed E-state index contributed by atoms with van der Waals surface area (Å²) in [7, 11) is 0. The van der Waals surface area contributed by atoms with Crippen molar-refractivity contribution in [2.45, 2.75) is 57.3 Å². The van der Waals surface area contributed by atoms with E-state index in [4.69, 9.17) is 9.47 Å². The van der Waals surface area contributed by atoms with Gasteiger partial charge in [0.25, 0.3) is 0 Å². The van der Waals surface area contributed by atoms with E-state index in [1.54, 1.807) is 0 Å². The Balaban J connectivity index is 1.80. The summed E-state index contributed by atoms with van der Waals surface area (Å²) in [5.74, 6) is -0.0579. The summed E-state index contributed by atoms with van der Waals surface area (Å²) < 4.78 is 11.1. The molecule has 88 valence electrons. The van der Waals surface area contributed by atoms with E-state index >= 15 is 0 Å². The molecule has 2 atom stereocenters. The molecular weight excluding hydrogens is 192 g/mol. The lowest BCUT2D eigenvalue weighted by molar-refractivity contribution is -0.168. The van der Waals surface area contributed by atoms with Crippen molar-refractivity contribution in [2.75, 3.05) is 13.2 Å². The summed E-state index contributed by atoms with van der Waals surface area (Å²) >= 11 is 0. The third-order valence-corrected chi connectivity index (χ3v) is 3.63. The van der Waals surface area contributed by atoms with Gasteiger partial charge >= 0.3 is 0 Å². The Morgan fingerprint density at radius 3 is 2.60 bits per heavy atom.